The molecule has 0 bridgehead atoms. The molecule has 2 rings (SSSR count). The van der Waals surface area contributed by atoms with Crippen LogP contribution in [-0.4, -0.2) is 5.71 Å². The van der Waals surface area contributed by atoms with Gasteiger partial charge in [-0.2, -0.15) is 5.10 Å². The lowest BCUT2D eigenvalue weighted by Gasteiger charge is -2.05. The van der Waals surface area contributed by atoms with Crippen LogP contribution >= 0.6 is 0 Å². The summed E-state index contributed by atoms with van der Waals surface area (Å²) in [5.74, 6) is 5.44. The van der Waals surface area contributed by atoms with Crippen molar-refractivity contribution in [3.05, 3.63) is 71.8 Å². The Hall–Kier alpha value is -2.09. The lowest BCUT2D eigenvalue weighted by atomic mass is 10.0. The van der Waals surface area contributed by atoms with Gasteiger partial charge in [0.25, 0.3) is 0 Å². The van der Waals surface area contributed by atoms with Gasteiger partial charge < -0.3 is 5.84 Å². The summed E-state index contributed by atoms with van der Waals surface area (Å²) >= 11 is 0. The fraction of sp³-hybridized carbons (Fsp3) is 0.0714. The van der Waals surface area contributed by atoms with Crippen LogP contribution in [0.4, 0.5) is 0 Å². The molecular weight excluding hydrogens is 196 g/mol. The van der Waals surface area contributed by atoms with Crippen LogP contribution in [0.2, 0.25) is 0 Å². The Morgan fingerprint density at radius 2 is 1.44 bits per heavy atom. The fourth-order valence-corrected chi connectivity index (χ4v) is 1.64. The van der Waals surface area contributed by atoms with Crippen molar-refractivity contribution < 1.29 is 0 Å². The van der Waals surface area contributed by atoms with Crippen LogP contribution in [-0.2, 0) is 6.42 Å². The molecule has 0 heterocycles. The van der Waals surface area contributed by atoms with Gasteiger partial charge >= 0.3 is 0 Å². The molecule has 80 valence electrons. The largest absolute Gasteiger partial charge is 0.323 e. The van der Waals surface area contributed by atoms with Crippen molar-refractivity contribution in [1.82, 2.24) is 0 Å². The van der Waals surface area contributed by atoms with Crippen molar-refractivity contribution in [2.45, 2.75) is 6.42 Å². The molecule has 0 aromatic heterocycles. The molecular formula is C14H14N2. The minimum absolute atomic E-state index is 0.765. The summed E-state index contributed by atoms with van der Waals surface area (Å²) in [6, 6.07) is 20.2. The van der Waals surface area contributed by atoms with Crippen LogP contribution in [0.1, 0.15) is 11.1 Å². The van der Waals surface area contributed by atoms with E-state index in [0.29, 0.717) is 0 Å². The molecule has 0 aliphatic heterocycles. The van der Waals surface area contributed by atoms with Gasteiger partial charge in [-0.25, -0.2) is 0 Å². The first-order valence-corrected chi connectivity index (χ1v) is 5.26. The van der Waals surface area contributed by atoms with Gasteiger partial charge in [-0.1, -0.05) is 60.7 Å². The Balaban J connectivity index is 2.20. The third-order valence-corrected chi connectivity index (χ3v) is 2.48. The van der Waals surface area contributed by atoms with Crippen LogP contribution in [0, 0.1) is 0 Å². The molecule has 0 unspecified atom stereocenters. The van der Waals surface area contributed by atoms with Gasteiger partial charge in [0.1, 0.15) is 0 Å². The summed E-state index contributed by atoms with van der Waals surface area (Å²) in [4.78, 5) is 0. The maximum atomic E-state index is 5.44. The Kier molecular flexibility index (Phi) is 3.34. The monoisotopic (exact) mass is 210 g/mol. The highest BCUT2D eigenvalue weighted by Crippen LogP contribution is 2.07. The number of nitrogens with two attached hydrogens (primary N) is 1. The maximum absolute atomic E-state index is 5.44. The first kappa shape index (κ1) is 10.4. The summed E-state index contributed by atoms with van der Waals surface area (Å²) in [6.45, 7) is 0. The van der Waals surface area contributed by atoms with E-state index in [4.69, 9.17) is 5.84 Å². The van der Waals surface area contributed by atoms with Crippen molar-refractivity contribution in [2.24, 2.45) is 10.9 Å². The summed E-state index contributed by atoms with van der Waals surface area (Å²) in [6.07, 6.45) is 0.765. The van der Waals surface area contributed by atoms with Crippen LogP contribution in [0.15, 0.2) is 65.8 Å². The third-order valence-electron chi connectivity index (χ3n) is 2.48. The summed E-state index contributed by atoms with van der Waals surface area (Å²) in [5.41, 5.74) is 3.20. The average molecular weight is 210 g/mol. The van der Waals surface area contributed by atoms with Crippen LogP contribution in [0.25, 0.3) is 0 Å². The Morgan fingerprint density at radius 1 is 0.875 bits per heavy atom. The smallest absolute Gasteiger partial charge is 0.0716 e. The molecule has 0 saturated heterocycles. The highest BCUT2D eigenvalue weighted by molar-refractivity contribution is 6.01. The second-order valence-electron chi connectivity index (χ2n) is 3.60. The summed E-state index contributed by atoms with van der Waals surface area (Å²) in [5, 5.41) is 3.87. The molecule has 2 N–H and O–H groups in total. The normalized spacial score (nSPS) is 11.4. The Morgan fingerprint density at radius 3 is 2.00 bits per heavy atom. The lowest BCUT2D eigenvalue weighted by molar-refractivity contribution is 1.19. The van der Waals surface area contributed by atoms with Gasteiger partial charge in [-0.05, 0) is 11.1 Å². The minimum Gasteiger partial charge on any atom is -0.323 e. The number of benzene rings is 2. The van der Waals surface area contributed by atoms with Crippen LogP contribution in [0.3, 0.4) is 0 Å². The molecule has 0 amide bonds. The van der Waals surface area contributed by atoms with Crippen molar-refractivity contribution in [3.8, 4) is 0 Å². The summed E-state index contributed by atoms with van der Waals surface area (Å²) < 4.78 is 0. The van der Waals surface area contributed by atoms with Gasteiger partial charge in [0.2, 0.25) is 0 Å². The average Bonchev–Trinajstić information content (AvgIpc) is 2.38. The van der Waals surface area contributed by atoms with E-state index >= 15 is 0 Å². The molecule has 2 nitrogen and oxygen atoms in total. The SMILES string of the molecule is N/N=C(\Cc1ccccc1)c1ccccc1. The van der Waals surface area contributed by atoms with E-state index in [1.165, 1.54) is 5.56 Å². The van der Waals surface area contributed by atoms with E-state index in [1.54, 1.807) is 0 Å². The van der Waals surface area contributed by atoms with Crippen molar-refractivity contribution in [3.63, 3.8) is 0 Å². The zero-order valence-electron chi connectivity index (χ0n) is 9.01. The van der Waals surface area contributed by atoms with E-state index in [2.05, 4.69) is 17.2 Å². The standard InChI is InChI=1S/C14H14N2/c15-16-14(13-9-5-2-6-10-13)11-12-7-3-1-4-8-12/h1-10H,11,15H2/b16-14+. The minimum atomic E-state index is 0.765. The molecule has 2 aromatic rings. The molecule has 0 atom stereocenters. The molecule has 0 radical (unpaired) electrons. The lowest BCUT2D eigenvalue weighted by Crippen LogP contribution is -2.07. The van der Waals surface area contributed by atoms with E-state index in [9.17, 15) is 0 Å². The quantitative estimate of drug-likeness (QED) is 0.472. The van der Waals surface area contributed by atoms with E-state index in [-0.39, 0.29) is 0 Å². The predicted molar refractivity (Wildman–Crippen MR) is 67.3 cm³/mol. The molecule has 0 aliphatic rings. The molecule has 0 aliphatic carbocycles. The van der Waals surface area contributed by atoms with Gasteiger partial charge in [0.15, 0.2) is 0 Å². The third kappa shape index (κ3) is 2.48. The van der Waals surface area contributed by atoms with E-state index in [0.717, 1.165) is 17.7 Å². The van der Waals surface area contributed by atoms with Crippen LogP contribution in [0.5, 0.6) is 0 Å². The fourth-order valence-electron chi connectivity index (χ4n) is 1.64. The highest BCUT2D eigenvalue weighted by atomic mass is 15.1. The topological polar surface area (TPSA) is 38.4 Å². The maximum Gasteiger partial charge on any atom is 0.0716 e. The molecule has 0 spiro atoms. The molecule has 2 aromatic carbocycles. The van der Waals surface area contributed by atoms with Gasteiger partial charge in [-0.3, -0.25) is 0 Å². The van der Waals surface area contributed by atoms with Crippen molar-refractivity contribution in [2.75, 3.05) is 0 Å². The van der Waals surface area contributed by atoms with Crippen LogP contribution < -0.4 is 5.84 Å². The number of rotatable bonds is 3. The zero-order valence-corrected chi connectivity index (χ0v) is 9.01. The first-order chi connectivity index (χ1) is 7.90. The Labute approximate surface area is 95.4 Å². The summed E-state index contributed by atoms with van der Waals surface area (Å²) in [7, 11) is 0. The second kappa shape index (κ2) is 5.12. The van der Waals surface area contributed by atoms with Crippen molar-refractivity contribution in [1.29, 1.82) is 0 Å². The zero-order chi connectivity index (χ0) is 11.2. The Bertz CT molecular complexity index is 461. The number of nitrogens with zero attached hydrogens (tertiary/aromatic N) is 1. The van der Waals surface area contributed by atoms with Crippen molar-refractivity contribution >= 4 is 5.71 Å². The van der Waals surface area contributed by atoms with Gasteiger partial charge in [0.05, 0.1) is 5.71 Å². The number of hydrogen-bond acceptors (Lipinski definition) is 2. The van der Waals surface area contributed by atoms with Gasteiger partial charge in [-0.15, -0.1) is 0 Å². The second-order valence-corrected chi connectivity index (χ2v) is 3.60. The highest BCUT2D eigenvalue weighted by Gasteiger charge is 2.03. The molecule has 0 saturated carbocycles. The number of hydrazone groups is 1. The van der Waals surface area contributed by atoms with Gasteiger partial charge in [0, 0.05) is 6.42 Å². The molecule has 0 fully saturated rings. The first-order valence-electron chi connectivity index (χ1n) is 5.26. The molecule has 2 heteroatoms. The molecule has 16 heavy (non-hydrogen) atoms. The van der Waals surface area contributed by atoms with E-state index < -0.39 is 0 Å². The number of hydrogen-bond donors (Lipinski definition) is 1. The van der Waals surface area contributed by atoms with E-state index in [1.807, 2.05) is 48.5 Å². The predicted octanol–water partition coefficient (Wildman–Crippen LogP) is 2.59.